The maximum Gasteiger partial charge on any atom is 0.261 e. The van der Waals surface area contributed by atoms with Gasteiger partial charge in [-0.05, 0) is 55.7 Å². The first-order valence-electron chi connectivity index (χ1n) is 9.03. The van der Waals surface area contributed by atoms with Gasteiger partial charge in [0.1, 0.15) is 0 Å². The number of ether oxygens (including phenoxy) is 3. The second-order valence-electron chi connectivity index (χ2n) is 6.63. The van der Waals surface area contributed by atoms with Gasteiger partial charge in [0, 0.05) is 10.9 Å². The zero-order chi connectivity index (χ0) is 21.1. The van der Waals surface area contributed by atoms with E-state index in [0.29, 0.717) is 27.9 Å². The maximum atomic E-state index is 12.9. The minimum absolute atomic E-state index is 0.311. The van der Waals surface area contributed by atoms with Gasteiger partial charge in [0.05, 0.1) is 32.6 Å². The third-order valence-electron chi connectivity index (χ3n) is 4.79. The van der Waals surface area contributed by atoms with Crippen molar-refractivity contribution in [3.05, 3.63) is 51.9 Å². The normalized spacial score (nSPS) is 10.6. The summed E-state index contributed by atoms with van der Waals surface area (Å²) in [6, 6.07) is 7.58. The number of anilines is 1. The van der Waals surface area contributed by atoms with Crippen molar-refractivity contribution in [2.75, 3.05) is 26.6 Å². The molecule has 0 unspecified atom stereocenters. The minimum atomic E-state index is -0.333. The number of amides is 1. The molecule has 0 atom stereocenters. The van der Waals surface area contributed by atoms with Crippen LogP contribution in [0.15, 0.2) is 29.6 Å². The van der Waals surface area contributed by atoms with Gasteiger partial charge < -0.3 is 14.2 Å². The number of hydrogen-bond acceptors (Lipinski definition) is 6. The number of rotatable bonds is 6. The van der Waals surface area contributed by atoms with E-state index in [1.807, 2.05) is 5.38 Å². The van der Waals surface area contributed by atoms with Crippen LogP contribution in [-0.4, -0.2) is 32.2 Å². The Hall–Kier alpha value is -3.06. The number of carbonyl (C=O) groups excluding carboxylic acids is 1. The summed E-state index contributed by atoms with van der Waals surface area (Å²) in [6.45, 7) is 6.24. The van der Waals surface area contributed by atoms with Gasteiger partial charge in [0.15, 0.2) is 16.6 Å². The fourth-order valence-electron chi connectivity index (χ4n) is 3.14. The van der Waals surface area contributed by atoms with Crippen LogP contribution in [0.1, 0.15) is 27.0 Å². The van der Waals surface area contributed by atoms with E-state index in [2.05, 4.69) is 43.2 Å². The number of hydrogen-bond donors (Lipinski definition) is 1. The Kier molecular flexibility index (Phi) is 6.08. The van der Waals surface area contributed by atoms with E-state index in [1.54, 1.807) is 12.1 Å². The van der Waals surface area contributed by atoms with Crippen molar-refractivity contribution in [3.8, 4) is 28.5 Å². The monoisotopic (exact) mass is 412 g/mol. The Morgan fingerprint density at radius 1 is 0.931 bits per heavy atom. The van der Waals surface area contributed by atoms with Gasteiger partial charge in [-0.3, -0.25) is 10.1 Å². The van der Waals surface area contributed by atoms with Gasteiger partial charge >= 0.3 is 0 Å². The summed E-state index contributed by atoms with van der Waals surface area (Å²) in [5.41, 5.74) is 5.84. The smallest absolute Gasteiger partial charge is 0.261 e. The Labute approximate surface area is 174 Å². The average molecular weight is 413 g/mol. The van der Waals surface area contributed by atoms with Crippen LogP contribution < -0.4 is 19.5 Å². The molecule has 6 nitrogen and oxygen atoms in total. The van der Waals surface area contributed by atoms with E-state index in [0.717, 1.165) is 16.8 Å². The highest BCUT2D eigenvalue weighted by atomic mass is 32.1. The molecule has 0 radical (unpaired) electrons. The van der Waals surface area contributed by atoms with Crippen molar-refractivity contribution in [2.24, 2.45) is 0 Å². The third-order valence-corrected chi connectivity index (χ3v) is 5.55. The molecule has 0 saturated heterocycles. The molecule has 7 heteroatoms. The van der Waals surface area contributed by atoms with E-state index in [1.165, 1.54) is 43.8 Å². The molecule has 1 N–H and O–H groups in total. The van der Waals surface area contributed by atoms with E-state index < -0.39 is 0 Å². The number of thiazole rings is 1. The topological polar surface area (TPSA) is 69.7 Å². The second kappa shape index (κ2) is 8.53. The number of methoxy groups -OCH3 is 3. The molecule has 1 aromatic heterocycles. The molecule has 0 aliphatic heterocycles. The van der Waals surface area contributed by atoms with Crippen LogP contribution in [0, 0.1) is 20.8 Å². The summed E-state index contributed by atoms with van der Waals surface area (Å²) >= 11 is 1.38. The minimum Gasteiger partial charge on any atom is -0.493 e. The predicted octanol–water partition coefficient (Wildman–Crippen LogP) is 5.01. The molecule has 0 spiro atoms. The van der Waals surface area contributed by atoms with Gasteiger partial charge in [0.25, 0.3) is 5.91 Å². The summed E-state index contributed by atoms with van der Waals surface area (Å²) in [6.07, 6.45) is 0. The molecule has 2 aromatic carbocycles. The summed E-state index contributed by atoms with van der Waals surface area (Å²) < 4.78 is 16.0. The average Bonchev–Trinajstić information content (AvgIpc) is 3.17. The molecule has 1 heterocycles. The quantitative estimate of drug-likeness (QED) is 0.616. The van der Waals surface area contributed by atoms with Crippen molar-refractivity contribution < 1.29 is 19.0 Å². The zero-order valence-corrected chi connectivity index (χ0v) is 18.2. The lowest BCUT2D eigenvalue weighted by Gasteiger charge is -2.15. The molecule has 152 valence electrons. The lowest BCUT2D eigenvalue weighted by Crippen LogP contribution is -2.13. The van der Waals surface area contributed by atoms with Crippen molar-refractivity contribution in [3.63, 3.8) is 0 Å². The molecule has 0 fully saturated rings. The van der Waals surface area contributed by atoms with E-state index in [9.17, 15) is 4.79 Å². The van der Waals surface area contributed by atoms with Crippen LogP contribution in [0.25, 0.3) is 11.3 Å². The summed E-state index contributed by atoms with van der Waals surface area (Å²) in [4.78, 5) is 17.5. The lowest BCUT2D eigenvalue weighted by atomic mass is 9.99. The molecular formula is C22H24N2O4S. The van der Waals surface area contributed by atoms with Crippen molar-refractivity contribution in [2.45, 2.75) is 20.8 Å². The molecule has 3 rings (SSSR count). The largest absolute Gasteiger partial charge is 0.493 e. The Morgan fingerprint density at radius 3 is 2.28 bits per heavy atom. The first-order valence-corrected chi connectivity index (χ1v) is 9.91. The lowest BCUT2D eigenvalue weighted by molar-refractivity contribution is 0.102. The molecule has 0 saturated carbocycles. The van der Waals surface area contributed by atoms with Crippen LogP contribution in [0.2, 0.25) is 0 Å². The number of aromatic nitrogens is 1. The molecule has 29 heavy (non-hydrogen) atoms. The standard InChI is InChI=1S/C22H24N2O4S/c1-12-9-14(3)16(10-13(12)2)17-11-29-22(23-17)24-21(25)15-7-8-18(26-4)20(28-6)19(15)27-5/h7-11H,1-6H3,(H,23,24,25). The molecular weight excluding hydrogens is 388 g/mol. The van der Waals surface area contributed by atoms with Gasteiger partial charge in [-0.2, -0.15) is 0 Å². The first kappa shape index (κ1) is 20.7. The summed E-state index contributed by atoms with van der Waals surface area (Å²) in [5, 5.41) is 5.31. The molecule has 0 aliphatic rings. The molecule has 0 aliphatic carbocycles. The number of carbonyl (C=O) groups is 1. The molecule has 1 amide bonds. The van der Waals surface area contributed by atoms with Crippen LogP contribution in [0.5, 0.6) is 17.2 Å². The van der Waals surface area contributed by atoms with Gasteiger partial charge in [-0.25, -0.2) is 4.98 Å². The zero-order valence-electron chi connectivity index (χ0n) is 17.4. The summed E-state index contributed by atoms with van der Waals surface area (Å²) in [7, 11) is 4.52. The van der Waals surface area contributed by atoms with Crippen LogP contribution >= 0.6 is 11.3 Å². The fraction of sp³-hybridized carbons (Fsp3) is 0.273. The summed E-state index contributed by atoms with van der Waals surface area (Å²) in [5.74, 6) is 0.836. The van der Waals surface area contributed by atoms with E-state index >= 15 is 0 Å². The van der Waals surface area contributed by atoms with Gasteiger partial charge in [-0.15, -0.1) is 11.3 Å². The number of benzene rings is 2. The molecule has 3 aromatic rings. The predicted molar refractivity (Wildman–Crippen MR) is 116 cm³/mol. The van der Waals surface area contributed by atoms with Crippen molar-refractivity contribution in [1.29, 1.82) is 0 Å². The second-order valence-corrected chi connectivity index (χ2v) is 7.48. The van der Waals surface area contributed by atoms with Gasteiger partial charge in [-0.1, -0.05) is 6.07 Å². The Bertz CT molecular complexity index is 1060. The Morgan fingerprint density at radius 2 is 1.62 bits per heavy atom. The fourth-order valence-corrected chi connectivity index (χ4v) is 3.84. The van der Waals surface area contributed by atoms with Crippen LogP contribution in [-0.2, 0) is 0 Å². The maximum absolute atomic E-state index is 12.9. The first-order chi connectivity index (χ1) is 13.9. The highest BCUT2D eigenvalue weighted by Crippen LogP contribution is 2.40. The number of aryl methyl sites for hydroxylation is 3. The van der Waals surface area contributed by atoms with E-state index in [-0.39, 0.29) is 5.91 Å². The van der Waals surface area contributed by atoms with Crippen LogP contribution in [0.3, 0.4) is 0 Å². The molecule has 0 bridgehead atoms. The van der Waals surface area contributed by atoms with Crippen LogP contribution in [0.4, 0.5) is 5.13 Å². The van der Waals surface area contributed by atoms with Gasteiger partial charge in [0.2, 0.25) is 5.75 Å². The van der Waals surface area contributed by atoms with E-state index in [4.69, 9.17) is 14.2 Å². The Balaban J connectivity index is 1.89. The SMILES string of the molecule is COc1ccc(C(=O)Nc2nc(-c3cc(C)c(C)cc3C)cs2)c(OC)c1OC. The third kappa shape index (κ3) is 4.05. The van der Waals surface area contributed by atoms with Crippen molar-refractivity contribution in [1.82, 2.24) is 4.98 Å². The number of nitrogens with zero attached hydrogens (tertiary/aromatic N) is 1. The van der Waals surface area contributed by atoms with Crippen molar-refractivity contribution >= 4 is 22.4 Å². The number of nitrogens with one attached hydrogen (secondary N) is 1. The highest BCUT2D eigenvalue weighted by Gasteiger charge is 2.21. The highest BCUT2D eigenvalue weighted by molar-refractivity contribution is 7.14.